The van der Waals surface area contributed by atoms with Crippen LogP contribution in [0.4, 0.5) is 5.95 Å². The third kappa shape index (κ3) is 6.05. The highest BCUT2D eigenvalue weighted by Gasteiger charge is 2.21. The molecule has 1 N–H and O–H groups in total. The molecule has 1 amide bonds. The number of carbonyl (C=O) groups is 1. The Kier molecular flexibility index (Phi) is 8.44. The molecule has 0 bridgehead atoms. The Balaban J connectivity index is 0.00000272. The van der Waals surface area contributed by atoms with Gasteiger partial charge in [-0.05, 0) is 23.6 Å². The second-order valence-electron chi connectivity index (χ2n) is 7.66. The van der Waals surface area contributed by atoms with Crippen molar-refractivity contribution in [1.82, 2.24) is 25.1 Å². The summed E-state index contributed by atoms with van der Waals surface area (Å²) in [7, 11) is 1.82. The first kappa shape index (κ1) is 23.2. The van der Waals surface area contributed by atoms with Crippen LogP contribution >= 0.6 is 24.0 Å². The van der Waals surface area contributed by atoms with Crippen LogP contribution < -0.4 is 10.2 Å². The molecule has 2 aromatic rings. The summed E-state index contributed by atoms with van der Waals surface area (Å²) in [6.07, 6.45) is 5.23. The lowest BCUT2D eigenvalue weighted by Gasteiger charge is -2.36. The van der Waals surface area contributed by atoms with E-state index in [1.165, 1.54) is 11.1 Å². The molecule has 3 heterocycles. The van der Waals surface area contributed by atoms with Crippen molar-refractivity contribution < 1.29 is 4.79 Å². The number of rotatable bonds is 5. The standard InChI is InChI=1S/C22H29N7O.HI/c1-23-21(27-12-14-28(15-13-27)22-24-9-3-10-25-22)26-16-18-5-7-19(8-6-18)17-29-11-2-4-20(29)30;/h3,5-10H,2,4,11-17H2,1H3,(H,23,26);1H. The van der Waals surface area contributed by atoms with Gasteiger partial charge in [0.2, 0.25) is 11.9 Å². The number of aromatic nitrogens is 2. The van der Waals surface area contributed by atoms with Crippen LogP contribution in [0.25, 0.3) is 0 Å². The zero-order valence-electron chi connectivity index (χ0n) is 17.9. The van der Waals surface area contributed by atoms with E-state index in [0.717, 1.165) is 57.6 Å². The first-order valence-electron chi connectivity index (χ1n) is 10.6. The van der Waals surface area contributed by atoms with Crippen molar-refractivity contribution in [3.63, 3.8) is 0 Å². The van der Waals surface area contributed by atoms with Gasteiger partial charge in [0.05, 0.1) is 0 Å². The highest BCUT2D eigenvalue weighted by atomic mass is 127. The highest BCUT2D eigenvalue weighted by molar-refractivity contribution is 14.0. The Bertz CT molecular complexity index is 867. The number of halogens is 1. The van der Waals surface area contributed by atoms with Gasteiger partial charge in [0.25, 0.3) is 0 Å². The normalized spacial score (nSPS) is 17.0. The number of likely N-dealkylation sites (tertiary alicyclic amines) is 1. The zero-order valence-corrected chi connectivity index (χ0v) is 20.2. The predicted octanol–water partition coefficient (Wildman–Crippen LogP) is 2.11. The van der Waals surface area contributed by atoms with Crippen molar-refractivity contribution in [1.29, 1.82) is 0 Å². The fourth-order valence-corrected chi connectivity index (χ4v) is 3.94. The first-order valence-corrected chi connectivity index (χ1v) is 10.6. The van der Waals surface area contributed by atoms with E-state index in [-0.39, 0.29) is 29.9 Å². The fraction of sp³-hybridized carbons (Fsp3) is 0.455. The second kappa shape index (κ2) is 11.3. The number of aliphatic imine (C=N–C) groups is 1. The number of guanidine groups is 1. The molecule has 1 aromatic carbocycles. The molecular formula is C22H30IN7O. The smallest absolute Gasteiger partial charge is 0.225 e. The minimum atomic E-state index is 0. The fourth-order valence-electron chi connectivity index (χ4n) is 3.94. The van der Waals surface area contributed by atoms with E-state index in [1.807, 2.05) is 18.0 Å². The summed E-state index contributed by atoms with van der Waals surface area (Å²) in [6.45, 7) is 5.80. The lowest BCUT2D eigenvalue weighted by atomic mass is 10.1. The third-order valence-electron chi connectivity index (χ3n) is 5.64. The molecule has 31 heavy (non-hydrogen) atoms. The summed E-state index contributed by atoms with van der Waals surface area (Å²) in [4.78, 5) is 31.3. The van der Waals surface area contributed by atoms with E-state index in [1.54, 1.807) is 12.4 Å². The van der Waals surface area contributed by atoms with Crippen LogP contribution in [0.15, 0.2) is 47.7 Å². The van der Waals surface area contributed by atoms with Gasteiger partial charge in [-0.15, -0.1) is 24.0 Å². The maximum Gasteiger partial charge on any atom is 0.225 e. The first-order chi connectivity index (χ1) is 14.7. The molecule has 2 saturated heterocycles. The van der Waals surface area contributed by atoms with Crippen molar-refractivity contribution in [2.24, 2.45) is 4.99 Å². The van der Waals surface area contributed by atoms with Crippen LogP contribution in [0.1, 0.15) is 24.0 Å². The van der Waals surface area contributed by atoms with E-state index in [9.17, 15) is 4.79 Å². The predicted molar refractivity (Wildman–Crippen MR) is 133 cm³/mol. The van der Waals surface area contributed by atoms with E-state index in [0.29, 0.717) is 13.0 Å². The number of anilines is 1. The Labute approximate surface area is 200 Å². The summed E-state index contributed by atoms with van der Waals surface area (Å²) in [6, 6.07) is 10.3. The molecule has 0 spiro atoms. The van der Waals surface area contributed by atoms with Crippen molar-refractivity contribution >= 4 is 41.8 Å². The summed E-state index contributed by atoms with van der Waals surface area (Å²) in [5, 5.41) is 3.47. The number of piperazine rings is 1. The van der Waals surface area contributed by atoms with E-state index >= 15 is 0 Å². The van der Waals surface area contributed by atoms with Crippen LogP contribution in [-0.4, -0.2) is 71.4 Å². The van der Waals surface area contributed by atoms with E-state index in [4.69, 9.17) is 0 Å². The summed E-state index contributed by atoms with van der Waals surface area (Å²) in [5.41, 5.74) is 2.38. The molecule has 0 saturated carbocycles. The monoisotopic (exact) mass is 535 g/mol. The maximum atomic E-state index is 11.8. The van der Waals surface area contributed by atoms with E-state index in [2.05, 4.69) is 54.3 Å². The van der Waals surface area contributed by atoms with Crippen LogP contribution in [0, 0.1) is 0 Å². The number of hydrogen-bond acceptors (Lipinski definition) is 5. The largest absolute Gasteiger partial charge is 0.352 e. The van der Waals surface area contributed by atoms with Gasteiger partial charge >= 0.3 is 0 Å². The number of nitrogens with zero attached hydrogens (tertiary/aromatic N) is 6. The topological polar surface area (TPSA) is 77.0 Å². The Morgan fingerprint density at radius 2 is 1.71 bits per heavy atom. The molecule has 0 atom stereocenters. The van der Waals surface area contributed by atoms with Gasteiger partial charge in [-0.1, -0.05) is 24.3 Å². The Morgan fingerprint density at radius 3 is 2.32 bits per heavy atom. The number of nitrogens with one attached hydrogen (secondary N) is 1. The van der Waals surface area contributed by atoms with Gasteiger partial charge in [-0.25, -0.2) is 9.97 Å². The SMILES string of the molecule is CN=C(NCc1ccc(CN2CCCC2=O)cc1)N1CCN(c2ncccn2)CC1.I. The summed E-state index contributed by atoms with van der Waals surface area (Å²) >= 11 is 0. The summed E-state index contributed by atoms with van der Waals surface area (Å²) < 4.78 is 0. The Morgan fingerprint density at radius 1 is 1.03 bits per heavy atom. The lowest BCUT2D eigenvalue weighted by molar-refractivity contribution is -0.128. The average molecular weight is 535 g/mol. The molecule has 2 aliphatic heterocycles. The minimum absolute atomic E-state index is 0. The van der Waals surface area contributed by atoms with Gasteiger partial charge in [0.1, 0.15) is 0 Å². The van der Waals surface area contributed by atoms with Crippen LogP contribution in [-0.2, 0) is 17.9 Å². The molecule has 4 rings (SSSR count). The van der Waals surface area contributed by atoms with Crippen molar-refractivity contribution in [3.8, 4) is 0 Å². The summed E-state index contributed by atoms with van der Waals surface area (Å²) in [5.74, 6) is 1.97. The van der Waals surface area contributed by atoms with Gasteiger partial charge in [-0.2, -0.15) is 0 Å². The zero-order chi connectivity index (χ0) is 20.8. The second-order valence-corrected chi connectivity index (χ2v) is 7.66. The number of carbonyl (C=O) groups excluding carboxylic acids is 1. The molecule has 8 nitrogen and oxygen atoms in total. The maximum absolute atomic E-state index is 11.8. The number of amides is 1. The van der Waals surface area contributed by atoms with Crippen LogP contribution in [0.5, 0.6) is 0 Å². The molecule has 0 radical (unpaired) electrons. The molecule has 2 aliphatic rings. The minimum Gasteiger partial charge on any atom is -0.352 e. The van der Waals surface area contributed by atoms with Crippen molar-refractivity contribution in [2.45, 2.75) is 25.9 Å². The highest BCUT2D eigenvalue weighted by Crippen LogP contribution is 2.15. The quantitative estimate of drug-likeness (QED) is 0.359. The van der Waals surface area contributed by atoms with Gasteiger partial charge in [-0.3, -0.25) is 9.79 Å². The molecule has 0 aliphatic carbocycles. The van der Waals surface area contributed by atoms with Gasteiger partial charge in [0, 0.05) is 71.7 Å². The Hall–Kier alpha value is -2.43. The van der Waals surface area contributed by atoms with Crippen LogP contribution in [0.2, 0.25) is 0 Å². The molecule has 9 heteroatoms. The van der Waals surface area contributed by atoms with Crippen molar-refractivity contribution in [3.05, 3.63) is 53.9 Å². The molecule has 2 fully saturated rings. The molecule has 166 valence electrons. The van der Waals surface area contributed by atoms with Crippen molar-refractivity contribution in [2.75, 3.05) is 44.7 Å². The number of hydrogen-bond donors (Lipinski definition) is 1. The molecule has 0 unspecified atom stereocenters. The average Bonchev–Trinajstić information content (AvgIpc) is 3.20. The molecular weight excluding hydrogens is 505 g/mol. The lowest BCUT2D eigenvalue weighted by Crippen LogP contribution is -2.52. The number of benzene rings is 1. The third-order valence-corrected chi connectivity index (χ3v) is 5.64. The van der Waals surface area contributed by atoms with Crippen LogP contribution in [0.3, 0.4) is 0 Å². The van der Waals surface area contributed by atoms with Gasteiger partial charge < -0.3 is 20.0 Å². The van der Waals surface area contributed by atoms with E-state index < -0.39 is 0 Å². The molecule has 1 aromatic heterocycles. The van der Waals surface area contributed by atoms with Gasteiger partial charge in [0.15, 0.2) is 5.96 Å².